The fourth-order valence-electron chi connectivity index (χ4n) is 1.89. The minimum absolute atomic E-state index is 0.149. The molecule has 0 fully saturated rings. The SMILES string of the molecule is Cc1cc(C(=O)NCCc2ccccc2)nc(C)n1. The second-order valence-corrected chi connectivity index (χ2v) is 4.43. The highest BCUT2D eigenvalue weighted by Gasteiger charge is 2.08. The van der Waals surface area contributed by atoms with Crippen LogP contribution in [0.3, 0.4) is 0 Å². The summed E-state index contributed by atoms with van der Waals surface area (Å²) in [6.07, 6.45) is 0.815. The molecular weight excluding hydrogens is 238 g/mol. The first kappa shape index (κ1) is 13.2. The molecule has 0 atom stereocenters. The largest absolute Gasteiger partial charge is 0.350 e. The lowest BCUT2D eigenvalue weighted by Gasteiger charge is -2.06. The Balaban J connectivity index is 1.91. The summed E-state index contributed by atoms with van der Waals surface area (Å²) in [5.74, 6) is 0.470. The number of amides is 1. The number of nitrogens with zero attached hydrogens (tertiary/aromatic N) is 2. The van der Waals surface area contributed by atoms with E-state index < -0.39 is 0 Å². The standard InChI is InChI=1S/C15H17N3O/c1-11-10-14(18-12(2)17-11)15(19)16-9-8-13-6-4-3-5-7-13/h3-7,10H,8-9H2,1-2H3,(H,16,19). The molecule has 4 heteroatoms. The van der Waals surface area contributed by atoms with Crippen LogP contribution < -0.4 is 5.32 Å². The predicted molar refractivity (Wildman–Crippen MR) is 74.0 cm³/mol. The molecule has 2 aromatic rings. The lowest BCUT2D eigenvalue weighted by molar-refractivity contribution is 0.0948. The van der Waals surface area contributed by atoms with Gasteiger partial charge < -0.3 is 5.32 Å². The number of hydrogen-bond acceptors (Lipinski definition) is 3. The highest BCUT2D eigenvalue weighted by molar-refractivity contribution is 5.92. The van der Waals surface area contributed by atoms with Crippen molar-refractivity contribution in [3.05, 3.63) is 59.2 Å². The monoisotopic (exact) mass is 255 g/mol. The van der Waals surface area contributed by atoms with Crippen molar-refractivity contribution in [2.45, 2.75) is 20.3 Å². The number of carbonyl (C=O) groups excluding carboxylic acids is 1. The lowest BCUT2D eigenvalue weighted by Crippen LogP contribution is -2.27. The van der Waals surface area contributed by atoms with Crippen molar-refractivity contribution in [3.8, 4) is 0 Å². The Morgan fingerprint density at radius 1 is 1.16 bits per heavy atom. The van der Waals surface area contributed by atoms with Crippen molar-refractivity contribution in [1.29, 1.82) is 0 Å². The van der Waals surface area contributed by atoms with E-state index in [1.54, 1.807) is 13.0 Å². The molecule has 0 aliphatic heterocycles. The Kier molecular flexibility index (Phi) is 4.23. The van der Waals surface area contributed by atoms with Gasteiger partial charge in [-0.3, -0.25) is 4.79 Å². The third-order valence-corrected chi connectivity index (χ3v) is 2.74. The number of aromatic nitrogens is 2. The summed E-state index contributed by atoms with van der Waals surface area (Å²) in [7, 11) is 0. The topological polar surface area (TPSA) is 54.9 Å². The molecule has 0 aliphatic carbocycles. The summed E-state index contributed by atoms with van der Waals surface area (Å²) < 4.78 is 0. The third-order valence-electron chi connectivity index (χ3n) is 2.74. The van der Waals surface area contributed by atoms with Gasteiger partial charge in [-0.1, -0.05) is 30.3 Å². The third kappa shape index (κ3) is 3.88. The number of rotatable bonds is 4. The van der Waals surface area contributed by atoms with Crippen molar-refractivity contribution in [3.63, 3.8) is 0 Å². The van der Waals surface area contributed by atoms with E-state index in [1.807, 2.05) is 37.3 Å². The molecule has 19 heavy (non-hydrogen) atoms. The van der Waals surface area contributed by atoms with Crippen molar-refractivity contribution in [2.75, 3.05) is 6.54 Å². The summed E-state index contributed by atoms with van der Waals surface area (Å²) in [6.45, 7) is 4.24. The van der Waals surface area contributed by atoms with Gasteiger partial charge in [0.05, 0.1) is 0 Å². The van der Waals surface area contributed by atoms with Crippen LogP contribution in [-0.2, 0) is 6.42 Å². The van der Waals surface area contributed by atoms with E-state index in [-0.39, 0.29) is 5.91 Å². The molecule has 0 unspecified atom stereocenters. The van der Waals surface area contributed by atoms with E-state index in [1.165, 1.54) is 5.56 Å². The Morgan fingerprint density at radius 2 is 1.89 bits per heavy atom. The summed E-state index contributed by atoms with van der Waals surface area (Å²) in [5.41, 5.74) is 2.44. The Bertz CT molecular complexity index is 547. The molecule has 1 amide bonds. The van der Waals surface area contributed by atoms with Crippen molar-refractivity contribution in [1.82, 2.24) is 15.3 Å². The van der Waals surface area contributed by atoms with Crippen LogP contribution in [-0.4, -0.2) is 22.4 Å². The van der Waals surface area contributed by atoms with Gasteiger partial charge >= 0.3 is 0 Å². The maximum absolute atomic E-state index is 11.9. The van der Waals surface area contributed by atoms with E-state index >= 15 is 0 Å². The first-order valence-electron chi connectivity index (χ1n) is 6.29. The van der Waals surface area contributed by atoms with Crippen molar-refractivity contribution >= 4 is 5.91 Å². The first-order chi connectivity index (χ1) is 9.15. The Morgan fingerprint density at radius 3 is 2.58 bits per heavy atom. The van der Waals surface area contributed by atoms with Gasteiger partial charge in [0, 0.05) is 12.2 Å². The van der Waals surface area contributed by atoms with E-state index in [2.05, 4.69) is 15.3 Å². The van der Waals surface area contributed by atoms with Crippen LogP contribution in [0.2, 0.25) is 0 Å². The van der Waals surface area contributed by atoms with Crippen LogP contribution in [0, 0.1) is 13.8 Å². The molecule has 2 rings (SSSR count). The summed E-state index contributed by atoms with van der Waals surface area (Å²) in [4.78, 5) is 20.2. The number of hydrogen-bond donors (Lipinski definition) is 1. The van der Waals surface area contributed by atoms with Gasteiger partial charge in [0.15, 0.2) is 0 Å². The number of benzene rings is 1. The molecule has 1 N–H and O–H groups in total. The first-order valence-corrected chi connectivity index (χ1v) is 6.29. The van der Waals surface area contributed by atoms with Gasteiger partial charge in [-0.25, -0.2) is 9.97 Å². The predicted octanol–water partition coefficient (Wildman–Crippen LogP) is 2.07. The van der Waals surface area contributed by atoms with Crippen LogP contribution >= 0.6 is 0 Å². The average molecular weight is 255 g/mol. The van der Waals surface area contributed by atoms with Gasteiger partial charge in [-0.15, -0.1) is 0 Å². The van der Waals surface area contributed by atoms with E-state index in [9.17, 15) is 4.79 Å². The van der Waals surface area contributed by atoms with Crippen molar-refractivity contribution < 1.29 is 4.79 Å². The van der Waals surface area contributed by atoms with Crippen molar-refractivity contribution in [2.24, 2.45) is 0 Å². The van der Waals surface area contributed by atoms with Crippen LogP contribution in [0.25, 0.3) is 0 Å². The van der Waals surface area contributed by atoms with Gasteiger partial charge in [0.2, 0.25) is 0 Å². The van der Waals surface area contributed by atoms with Crippen LogP contribution in [0.4, 0.5) is 0 Å². The fraction of sp³-hybridized carbons (Fsp3) is 0.267. The molecule has 1 aromatic heterocycles. The zero-order valence-corrected chi connectivity index (χ0v) is 11.2. The van der Waals surface area contributed by atoms with E-state index in [4.69, 9.17) is 0 Å². The fourth-order valence-corrected chi connectivity index (χ4v) is 1.89. The molecule has 0 saturated carbocycles. The number of nitrogens with one attached hydrogen (secondary N) is 1. The maximum atomic E-state index is 11.9. The molecule has 0 bridgehead atoms. The highest BCUT2D eigenvalue weighted by atomic mass is 16.1. The summed E-state index contributed by atoms with van der Waals surface area (Å²) in [6, 6.07) is 11.8. The molecule has 0 radical (unpaired) electrons. The van der Waals surface area contributed by atoms with E-state index in [0.717, 1.165) is 12.1 Å². The average Bonchev–Trinajstić information content (AvgIpc) is 2.38. The lowest BCUT2D eigenvalue weighted by atomic mass is 10.1. The molecule has 1 heterocycles. The maximum Gasteiger partial charge on any atom is 0.270 e. The number of carbonyl (C=O) groups is 1. The summed E-state index contributed by atoms with van der Waals surface area (Å²) in [5, 5.41) is 2.87. The Labute approximate surface area is 112 Å². The molecule has 1 aromatic carbocycles. The molecule has 0 saturated heterocycles. The minimum atomic E-state index is -0.149. The normalized spacial score (nSPS) is 10.2. The molecule has 0 spiro atoms. The van der Waals surface area contributed by atoms with Crippen LogP contribution in [0.1, 0.15) is 27.6 Å². The highest BCUT2D eigenvalue weighted by Crippen LogP contribution is 2.01. The van der Waals surface area contributed by atoms with Gasteiger partial charge in [0.25, 0.3) is 5.91 Å². The quantitative estimate of drug-likeness (QED) is 0.910. The van der Waals surface area contributed by atoms with Crippen LogP contribution in [0.5, 0.6) is 0 Å². The molecule has 4 nitrogen and oxygen atoms in total. The van der Waals surface area contributed by atoms with E-state index in [0.29, 0.717) is 18.1 Å². The molecular formula is C15H17N3O. The zero-order valence-electron chi connectivity index (χ0n) is 11.2. The van der Waals surface area contributed by atoms with Gasteiger partial charge in [0.1, 0.15) is 11.5 Å². The second-order valence-electron chi connectivity index (χ2n) is 4.43. The Hall–Kier alpha value is -2.23. The second kappa shape index (κ2) is 6.09. The van der Waals surface area contributed by atoms with Crippen LogP contribution in [0.15, 0.2) is 36.4 Å². The zero-order chi connectivity index (χ0) is 13.7. The minimum Gasteiger partial charge on any atom is -0.350 e. The molecule has 98 valence electrons. The number of aryl methyl sites for hydroxylation is 2. The van der Waals surface area contributed by atoms with Gasteiger partial charge in [-0.2, -0.15) is 0 Å². The van der Waals surface area contributed by atoms with Gasteiger partial charge in [-0.05, 0) is 31.9 Å². The smallest absolute Gasteiger partial charge is 0.270 e. The summed E-state index contributed by atoms with van der Waals surface area (Å²) >= 11 is 0. The molecule has 0 aliphatic rings.